The van der Waals surface area contributed by atoms with Crippen LogP contribution in [0.15, 0.2) is 47.4 Å². The lowest BCUT2D eigenvalue weighted by molar-refractivity contribution is -0.146. The van der Waals surface area contributed by atoms with E-state index in [9.17, 15) is 18.0 Å². The summed E-state index contributed by atoms with van der Waals surface area (Å²) in [6.45, 7) is 6.14. The second-order valence-electron chi connectivity index (χ2n) is 9.61. The molecule has 3 rings (SSSR count). The van der Waals surface area contributed by atoms with Crippen LogP contribution >= 0.6 is 0 Å². The molecule has 0 aliphatic carbocycles. The van der Waals surface area contributed by atoms with Gasteiger partial charge in [0.25, 0.3) is 10.0 Å². The second-order valence-corrected chi connectivity index (χ2v) is 11.6. The van der Waals surface area contributed by atoms with Crippen molar-refractivity contribution in [3.05, 3.63) is 53.6 Å². The van der Waals surface area contributed by atoms with Crippen LogP contribution in [-0.2, 0) is 30.8 Å². The smallest absolute Gasteiger partial charge is 0.340 e. The van der Waals surface area contributed by atoms with Crippen molar-refractivity contribution in [3.63, 3.8) is 0 Å². The van der Waals surface area contributed by atoms with Gasteiger partial charge < -0.3 is 14.2 Å². The SMILES string of the molecule is COC(=O)[C@@H]1CCCN1Cc1cccc(C(=O)OC(C)(C)C)c1N(C)S(=O)(=O)c1ccc(OC)cc1. The molecule has 9 nitrogen and oxygen atoms in total. The summed E-state index contributed by atoms with van der Waals surface area (Å²) in [6, 6.07) is 10.6. The molecule has 1 saturated heterocycles. The number of esters is 2. The summed E-state index contributed by atoms with van der Waals surface area (Å²) in [5.74, 6) is -0.451. The van der Waals surface area contributed by atoms with Gasteiger partial charge in [0.2, 0.25) is 0 Å². The van der Waals surface area contributed by atoms with Crippen molar-refractivity contribution < 1.29 is 32.2 Å². The molecule has 0 saturated carbocycles. The van der Waals surface area contributed by atoms with Crippen molar-refractivity contribution >= 4 is 27.6 Å². The Bertz CT molecular complexity index is 1200. The number of hydrogen-bond acceptors (Lipinski definition) is 8. The Balaban J connectivity index is 2.10. The van der Waals surface area contributed by atoms with E-state index < -0.39 is 27.6 Å². The van der Waals surface area contributed by atoms with Crippen LogP contribution in [0.5, 0.6) is 5.75 Å². The summed E-state index contributed by atoms with van der Waals surface area (Å²) in [7, 11) is 0.212. The average molecular weight is 519 g/mol. The standard InChI is InChI=1S/C26H34N2O7S/c1-26(2,3)35-24(29)21-10-7-9-18(17-28-16-8-11-22(28)25(30)34-6)23(21)27(4)36(31,32)20-14-12-19(33-5)13-15-20/h7,9-10,12-15,22H,8,11,16-17H2,1-6H3/t22-/m0/s1. The van der Waals surface area contributed by atoms with Gasteiger partial charge in [-0.25, -0.2) is 13.2 Å². The van der Waals surface area contributed by atoms with Crippen LogP contribution in [0.2, 0.25) is 0 Å². The lowest BCUT2D eigenvalue weighted by Crippen LogP contribution is -2.37. The van der Waals surface area contributed by atoms with E-state index in [4.69, 9.17) is 14.2 Å². The molecule has 0 amide bonds. The van der Waals surface area contributed by atoms with Gasteiger partial charge >= 0.3 is 11.9 Å². The number of carbonyl (C=O) groups is 2. The first-order valence-electron chi connectivity index (χ1n) is 11.7. The second kappa shape index (κ2) is 10.9. The number of nitrogens with zero attached hydrogens (tertiary/aromatic N) is 2. The van der Waals surface area contributed by atoms with Gasteiger partial charge in [-0.2, -0.15) is 0 Å². The highest BCUT2D eigenvalue weighted by Crippen LogP contribution is 2.34. The van der Waals surface area contributed by atoms with Gasteiger partial charge in [0.05, 0.1) is 30.4 Å². The summed E-state index contributed by atoms with van der Waals surface area (Å²) >= 11 is 0. The maximum atomic E-state index is 13.6. The monoisotopic (exact) mass is 518 g/mol. The molecular weight excluding hydrogens is 484 g/mol. The molecule has 1 atom stereocenters. The number of benzene rings is 2. The highest BCUT2D eigenvalue weighted by molar-refractivity contribution is 7.92. The average Bonchev–Trinajstić information content (AvgIpc) is 3.30. The lowest BCUT2D eigenvalue weighted by atomic mass is 10.1. The molecule has 1 heterocycles. The number of ether oxygens (including phenoxy) is 3. The topological polar surface area (TPSA) is 102 Å². The molecule has 2 aromatic carbocycles. The van der Waals surface area contributed by atoms with Crippen molar-refractivity contribution in [2.45, 2.75) is 56.7 Å². The highest BCUT2D eigenvalue weighted by atomic mass is 32.2. The Labute approximate surface area is 213 Å². The van der Waals surface area contributed by atoms with E-state index in [0.717, 1.165) is 10.7 Å². The third kappa shape index (κ3) is 5.99. The third-order valence-electron chi connectivity index (χ3n) is 5.98. The van der Waals surface area contributed by atoms with Crippen LogP contribution in [0, 0.1) is 0 Å². The zero-order chi connectivity index (χ0) is 26.7. The Hall–Kier alpha value is -3.11. The molecule has 1 aliphatic heterocycles. The van der Waals surface area contributed by atoms with Gasteiger partial charge in [-0.1, -0.05) is 12.1 Å². The predicted molar refractivity (Wildman–Crippen MR) is 136 cm³/mol. The van der Waals surface area contributed by atoms with Gasteiger partial charge in [-0.05, 0) is 76.1 Å². The maximum absolute atomic E-state index is 13.6. The Morgan fingerprint density at radius 3 is 2.33 bits per heavy atom. The van der Waals surface area contributed by atoms with Crippen LogP contribution < -0.4 is 9.04 Å². The number of hydrogen-bond donors (Lipinski definition) is 0. The van der Waals surface area contributed by atoms with Gasteiger partial charge in [-0.3, -0.25) is 14.0 Å². The molecular formula is C26H34N2O7S. The number of sulfonamides is 1. The summed E-state index contributed by atoms with van der Waals surface area (Å²) < 4.78 is 44.1. The number of carbonyl (C=O) groups excluding carboxylic acids is 2. The number of rotatable bonds is 8. The molecule has 0 bridgehead atoms. The molecule has 0 unspecified atom stereocenters. The number of anilines is 1. The first kappa shape index (κ1) is 27.5. The Morgan fingerprint density at radius 1 is 1.08 bits per heavy atom. The fraction of sp³-hybridized carbons (Fsp3) is 0.462. The van der Waals surface area contributed by atoms with E-state index in [1.807, 2.05) is 4.90 Å². The minimum atomic E-state index is -4.05. The quantitative estimate of drug-likeness (QED) is 0.489. The van der Waals surface area contributed by atoms with E-state index in [1.165, 1.54) is 33.4 Å². The van der Waals surface area contributed by atoms with Gasteiger partial charge in [0, 0.05) is 13.6 Å². The van der Waals surface area contributed by atoms with E-state index in [0.29, 0.717) is 24.3 Å². The van der Waals surface area contributed by atoms with Crippen molar-refractivity contribution in [2.24, 2.45) is 0 Å². The molecule has 0 aromatic heterocycles. The van der Waals surface area contributed by atoms with Crippen molar-refractivity contribution in [1.29, 1.82) is 0 Å². The normalized spacial score (nSPS) is 16.4. The van der Waals surface area contributed by atoms with Crippen LogP contribution in [0.4, 0.5) is 5.69 Å². The molecule has 10 heteroatoms. The van der Waals surface area contributed by atoms with Crippen LogP contribution in [-0.4, -0.2) is 64.7 Å². The largest absolute Gasteiger partial charge is 0.497 e. The number of para-hydroxylation sites is 1. The predicted octanol–water partition coefficient (Wildman–Crippen LogP) is 3.61. The summed E-state index contributed by atoms with van der Waals surface area (Å²) in [4.78, 5) is 27.5. The van der Waals surface area contributed by atoms with Gasteiger partial charge in [0.15, 0.2) is 0 Å². The van der Waals surface area contributed by atoms with Gasteiger partial charge in [0.1, 0.15) is 17.4 Å². The molecule has 196 valence electrons. The van der Waals surface area contributed by atoms with E-state index >= 15 is 0 Å². The van der Waals surface area contributed by atoms with Crippen LogP contribution in [0.25, 0.3) is 0 Å². The highest BCUT2D eigenvalue weighted by Gasteiger charge is 2.34. The zero-order valence-electron chi connectivity index (χ0n) is 21.6. The fourth-order valence-corrected chi connectivity index (χ4v) is 5.50. The van der Waals surface area contributed by atoms with Crippen LogP contribution in [0.1, 0.15) is 49.5 Å². The molecule has 2 aromatic rings. The van der Waals surface area contributed by atoms with E-state index in [-0.39, 0.29) is 28.7 Å². The molecule has 0 spiro atoms. The Morgan fingerprint density at radius 2 is 1.75 bits per heavy atom. The van der Waals surface area contributed by atoms with Crippen molar-refractivity contribution in [1.82, 2.24) is 4.90 Å². The van der Waals surface area contributed by atoms with E-state index in [1.54, 1.807) is 51.1 Å². The molecule has 0 radical (unpaired) electrons. The molecule has 1 fully saturated rings. The molecule has 0 N–H and O–H groups in total. The zero-order valence-corrected chi connectivity index (χ0v) is 22.4. The summed E-state index contributed by atoms with van der Waals surface area (Å²) in [5.41, 5.74) is 0.130. The summed E-state index contributed by atoms with van der Waals surface area (Å²) in [6.07, 6.45) is 1.45. The first-order valence-corrected chi connectivity index (χ1v) is 13.1. The number of likely N-dealkylation sites (tertiary alicyclic amines) is 1. The van der Waals surface area contributed by atoms with E-state index in [2.05, 4.69) is 0 Å². The van der Waals surface area contributed by atoms with Crippen LogP contribution in [0.3, 0.4) is 0 Å². The molecule has 1 aliphatic rings. The van der Waals surface area contributed by atoms with Crippen molar-refractivity contribution in [3.8, 4) is 5.75 Å². The minimum Gasteiger partial charge on any atom is -0.497 e. The van der Waals surface area contributed by atoms with Gasteiger partial charge in [-0.15, -0.1) is 0 Å². The minimum absolute atomic E-state index is 0.0457. The first-order chi connectivity index (χ1) is 16.9. The summed E-state index contributed by atoms with van der Waals surface area (Å²) in [5, 5.41) is 0. The molecule has 36 heavy (non-hydrogen) atoms. The van der Waals surface area contributed by atoms with Crippen molar-refractivity contribution in [2.75, 3.05) is 32.1 Å². The number of methoxy groups -OCH3 is 2. The maximum Gasteiger partial charge on any atom is 0.340 e. The third-order valence-corrected chi connectivity index (χ3v) is 7.75. The Kier molecular flexibility index (Phi) is 8.30. The fourth-order valence-electron chi connectivity index (χ4n) is 4.25. The lowest BCUT2D eigenvalue weighted by Gasteiger charge is -2.29.